The van der Waals surface area contributed by atoms with Crippen molar-refractivity contribution in [1.29, 1.82) is 0 Å². The third kappa shape index (κ3) is 2.42. The van der Waals surface area contributed by atoms with Crippen LogP contribution in [-0.2, 0) is 0 Å². The van der Waals surface area contributed by atoms with Crippen LogP contribution >= 0.6 is 11.6 Å². The van der Waals surface area contributed by atoms with E-state index in [2.05, 4.69) is 26.4 Å². The van der Waals surface area contributed by atoms with Gasteiger partial charge in [-0.2, -0.15) is 0 Å². The summed E-state index contributed by atoms with van der Waals surface area (Å²) in [6.07, 6.45) is 4.24. The highest BCUT2D eigenvalue weighted by molar-refractivity contribution is 6.20. The molecule has 2 unspecified atom stereocenters. The second kappa shape index (κ2) is 5.70. The van der Waals surface area contributed by atoms with Crippen molar-refractivity contribution in [2.45, 2.75) is 38.1 Å². The highest BCUT2D eigenvalue weighted by Crippen LogP contribution is 2.31. The summed E-state index contributed by atoms with van der Waals surface area (Å²) in [5.74, 6) is 0.948. The number of hydrogen-bond acceptors (Lipinski definition) is 3. The predicted octanol–water partition coefficient (Wildman–Crippen LogP) is 3.39. The van der Waals surface area contributed by atoms with Crippen molar-refractivity contribution in [2.75, 3.05) is 19.6 Å². The zero-order valence-electron chi connectivity index (χ0n) is 12.1. The van der Waals surface area contributed by atoms with E-state index in [9.17, 15) is 0 Å². The van der Waals surface area contributed by atoms with Gasteiger partial charge in [-0.3, -0.25) is 0 Å². The standard InChI is InChI=1S/C15H21ClN4/c1-3-19-9-5-6-12(10-19)20-14(11(2)16)18-13-7-4-8-17-15(13)20/h4,7-8,11-12H,3,5-6,9-10H2,1-2H3. The summed E-state index contributed by atoms with van der Waals surface area (Å²) >= 11 is 6.34. The fraction of sp³-hybridized carbons (Fsp3) is 0.600. The molecule has 0 aliphatic carbocycles. The van der Waals surface area contributed by atoms with Crippen LogP contribution in [0.25, 0.3) is 11.2 Å². The SMILES string of the molecule is CCN1CCCC(n2c(C(C)Cl)nc3cccnc32)C1. The van der Waals surface area contributed by atoms with Crippen LogP contribution in [0.3, 0.4) is 0 Å². The van der Waals surface area contributed by atoms with Gasteiger partial charge in [0.25, 0.3) is 0 Å². The van der Waals surface area contributed by atoms with Gasteiger partial charge < -0.3 is 9.47 Å². The number of nitrogens with zero attached hydrogens (tertiary/aromatic N) is 4. The topological polar surface area (TPSA) is 34.0 Å². The maximum absolute atomic E-state index is 6.34. The van der Waals surface area contributed by atoms with E-state index in [0.29, 0.717) is 6.04 Å². The molecule has 0 amide bonds. The fourth-order valence-electron chi connectivity index (χ4n) is 3.12. The zero-order chi connectivity index (χ0) is 14.1. The number of piperidine rings is 1. The van der Waals surface area contributed by atoms with E-state index >= 15 is 0 Å². The molecule has 0 saturated carbocycles. The molecule has 3 rings (SSSR count). The average molecular weight is 293 g/mol. The van der Waals surface area contributed by atoms with Crippen LogP contribution in [-0.4, -0.2) is 39.1 Å². The van der Waals surface area contributed by atoms with Gasteiger partial charge in [0.2, 0.25) is 0 Å². The molecule has 2 aromatic rings. The molecule has 4 nitrogen and oxygen atoms in total. The molecule has 1 fully saturated rings. The predicted molar refractivity (Wildman–Crippen MR) is 82.2 cm³/mol. The molecule has 2 atom stereocenters. The number of hydrogen-bond donors (Lipinski definition) is 0. The Hall–Kier alpha value is -1.13. The minimum absolute atomic E-state index is 0.0961. The van der Waals surface area contributed by atoms with Crippen molar-refractivity contribution in [3.05, 3.63) is 24.2 Å². The van der Waals surface area contributed by atoms with Crippen LogP contribution in [0.2, 0.25) is 0 Å². The molecule has 2 aromatic heterocycles. The Labute approximate surface area is 124 Å². The highest BCUT2D eigenvalue weighted by atomic mass is 35.5. The smallest absolute Gasteiger partial charge is 0.160 e. The number of rotatable bonds is 3. The van der Waals surface area contributed by atoms with Crippen molar-refractivity contribution >= 4 is 22.8 Å². The molecule has 0 N–H and O–H groups in total. The van der Waals surface area contributed by atoms with E-state index < -0.39 is 0 Å². The molecule has 0 radical (unpaired) electrons. The number of imidazole rings is 1. The Kier molecular flexibility index (Phi) is 3.94. The van der Waals surface area contributed by atoms with Gasteiger partial charge in [0, 0.05) is 18.8 Å². The lowest BCUT2D eigenvalue weighted by atomic mass is 10.1. The lowest BCUT2D eigenvalue weighted by molar-refractivity contribution is 0.185. The van der Waals surface area contributed by atoms with Gasteiger partial charge >= 0.3 is 0 Å². The van der Waals surface area contributed by atoms with Crippen molar-refractivity contribution in [1.82, 2.24) is 19.4 Å². The number of aromatic nitrogens is 3. The second-order valence-corrected chi connectivity index (χ2v) is 6.15. The highest BCUT2D eigenvalue weighted by Gasteiger charge is 2.26. The summed E-state index contributed by atoms with van der Waals surface area (Å²) in [4.78, 5) is 11.7. The van der Waals surface area contributed by atoms with Crippen LogP contribution in [0, 0.1) is 0 Å². The van der Waals surface area contributed by atoms with Gasteiger partial charge in [0.15, 0.2) is 5.65 Å². The summed E-state index contributed by atoms with van der Waals surface area (Å²) in [6, 6.07) is 4.38. The first-order valence-corrected chi connectivity index (χ1v) is 7.83. The Morgan fingerprint density at radius 2 is 2.35 bits per heavy atom. The van der Waals surface area contributed by atoms with E-state index in [1.54, 1.807) is 0 Å². The van der Waals surface area contributed by atoms with Gasteiger partial charge in [-0.15, -0.1) is 11.6 Å². The Morgan fingerprint density at radius 3 is 3.10 bits per heavy atom. The third-order valence-corrected chi connectivity index (χ3v) is 4.32. The van der Waals surface area contributed by atoms with Gasteiger partial charge in [-0.1, -0.05) is 6.92 Å². The number of halogens is 1. The minimum atomic E-state index is -0.0961. The molecule has 1 aliphatic rings. The molecule has 3 heterocycles. The van der Waals surface area contributed by atoms with E-state index in [1.807, 2.05) is 25.3 Å². The molecule has 0 aromatic carbocycles. The molecule has 0 bridgehead atoms. The lowest BCUT2D eigenvalue weighted by Gasteiger charge is -2.33. The third-order valence-electron chi connectivity index (χ3n) is 4.12. The molecular formula is C15H21ClN4. The molecule has 20 heavy (non-hydrogen) atoms. The molecule has 1 aliphatic heterocycles. The Bertz CT molecular complexity index is 593. The van der Waals surface area contributed by atoms with Crippen LogP contribution in [0.4, 0.5) is 0 Å². The summed E-state index contributed by atoms with van der Waals surface area (Å²) < 4.78 is 2.27. The number of likely N-dealkylation sites (N-methyl/N-ethyl adjacent to an activating group) is 1. The van der Waals surface area contributed by atoms with Crippen LogP contribution in [0.1, 0.15) is 43.9 Å². The van der Waals surface area contributed by atoms with Gasteiger partial charge in [-0.05, 0) is 45.0 Å². The van der Waals surface area contributed by atoms with Crippen LogP contribution < -0.4 is 0 Å². The number of pyridine rings is 1. The molecule has 0 spiro atoms. The van der Waals surface area contributed by atoms with Crippen molar-refractivity contribution in [3.8, 4) is 0 Å². The fourth-order valence-corrected chi connectivity index (χ4v) is 3.27. The van der Waals surface area contributed by atoms with E-state index in [0.717, 1.165) is 30.1 Å². The number of fused-ring (bicyclic) bond motifs is 1. The first kappa shape index (κ1) is 13.8. The maximum atomic E-state index is 6.34. The first-order chi connectivity index (χ1) is 9.70. The van der Waals surface area contributed by atoms with Gasteiger partial charge in [0.05, 0.1) is 5.38 Å². The van der Waals surface area contributed by atoms with Crippen molar-refractivity contribution < 1.29 is 0 Å². The van der Waals surface area contributed by atoms with Crippen molar-refractivity contribution in [3.63, 3.8) is 0 Å². The average Bonchev–Trinajstić information content (AvgIpc) is 2.87. The quantitative estimate of drug-likeness (QED) is 0.813. The molecule has 5 heteroatoms. The lowest BCUT2D eigenvalue weighted by Crippen LogP contribution is -2.36. The number of alkyl halides is 1. The summed E-state index contributed by atoms with van der Waals surface area (Å²) in [5, 5.41) is -0.0961. The van der Waals surface area contributed by atoms with E-state index in [1.165, 1.54) is 19.4 Å². The summed E-state index contributed by atoms with van der Waals surface area (Å²) in [7, 11) is 0. The van der Waals surface area contributed by atoms with Crippen molar-refractivity contribution in [2.24, 2.45) is 0 Å². The van der Waals surface area contributed by atoms with E-state index in [4.69, 9.17) is 11.6 Å². The molecule has 108 valence electrons. The first-order valence-electron chi connectivity index (χ1n) is 7.40. The Balaban J connectivity index is 2.06. The zero-order valence-corrected chi connectivity index (χ0v) is 12.8. The number of likely N-dealkylation sites (tertiary alicyclic amines) is 1. The van der Waals surface area contributed by atoms with Gasteiger partial charge in [0.1, 0.15) is 11.3 Å². The van der Waals surface area contributed by atoms with Crippen LogP contribution in [0.15, 0.2) is 18.3 Å². The minimum Gasteiger partial charge on any atom is -0.307 e. The molecule has 1 saturated heterocycles. The normalized spacial score (nSPS) is 22.2. The Morgan fingerprint density at radius 1 is 1.50 bits per heavy atom. The molecular weight excluding hydrogens is 272 g/mol. The van der Waals surface area contributed by atoms with E-state index in [-0.39, 0.29) is 5.38 Å². The van der Waals surface area contributed by atoms with Gasteiger partial charge in [-0.25, -0.2) is 9.97 Å². The monoisotopic (exact) mass is 292 g/mol. The largest absolute Gasteiger partial charge is 0.307 e. The summed E-state index contributed by atoms with van der Waals surface area (Å²) in [6.45, 7) is 7.56. The van der Waals surface area contributed by atoms with Crippen LogP contribution in [0.5, 0.6) is 0 Å². The maximum Gasteiger partial charge on any atom is 0.160 e. The second-order valence-electron chi connectivity index (χ2n) is 5.49. The summed E-state index contributed by atoms with van der Waals surface area (Å²) in [5.41, 5.74) is 1.92.